The lowest BCUT2D eigenvalue weighted by molar-refractivity contribution is -0.379. The molecule has 3 saturated heterocycles. The monoisotopic (exact) mass is 1430 g/mol. The van der Waals surface area contributed by atoms with Crippen LogP contribution in [0.4, 0.5) is 0 Å². The van der Waals surface area contributed by atoms with Crippen molar-refractivity contribution in [1.82, 2.24) is 5.32 Å². The molecule has 0 bridgehead atoms. The molecule has 0 aromatic heterocycles. The Labute approximate surface area is 609 Å². The van der Waals surface area contributed by atoms with E-state index < -0.39 is 124 Å². The Hall–Kier alpha value is -3.29. The van der Waals surface area contributed by atoms with Crippen LogP contribution in [0.5, 0.6) is 0 Å². The quantitative estimate of drug-likeness (QED) is 0.0199. The molecule has 3 aliphatic rings. The van der Waals surface area contributed by atoms with Crippen LogP contribution in [0, 0.1) is 0 Å². The minimum atomic E-state index is -1.98. The van der Waals surface area contributed by atoms with E-state index in [4.69, 9.17) is 28.4 Å². The Balaban J connectivity index is 1.29. The molecule has 0 saturated carbocycles. The van der Waals surface area contributed by atoms with Crippen molar-refractivity contribution in [2.75, 3.05) is 26.4 Å². The number of unbranched alkanes of at least 4 members (excludes halogenated alkanes) is 32. The largest absolute Gasteiger partial charge is 0.394 e. The molecule has 19 nitrogen and oxygen atoms in total. The van der Waals surface area contributed by atoms with Gasteiger partial charge in [0.25, 0.3) is 0 Å². The maximum Gasteiger partial charge on any atom is 0.220 e. The summed E-state index contributed by atoms with van der Waals surface area (Å²) >= 11 is 0. The van der Waals surface area contributed by atoms with Crippen LogP contribution < -0.4 is 5.32 Å². The first-order valence-corrected chi connectivity index (χ1v) is 40.0. The number of allylic oxidation sites excluding steroid dienone is 15. The molecule has 0 aromatic rings. The molecule has 3 aliphatic heterocycles. The van der Waals surface area contributed by atoms with E-state index in [1.54, 1.807) is 6.08 Å². The fourth-order valence-electron chi connectivity index (χ4n) is 13.0. The van der Waals surface area contributed by atoms with Crippen LogP contribution in [0.3, 0.4) is 0 Å². The molecular formula is C82H143NO18. The molecule has 0 spiro atoms. The summed E-state index contributed by atoms with van der Waals surface area (Å²) < 4.78 is 34.4. The Morgan fingerprint density at radius 3 is 1.11 bits per heavy atom. The SMILES string of the molecule is CC/C=C\C/C=C\C/C=C\C/C=C\C/C=C\C/C=C\CCCCCCCCCCCCCCCCCCCCCCCCC(=O)NC(COC1OC(CO)C(OC2OC(CO)C(OC3OC(CO)C(O)C(O)C3O)C(O)C2O)C(O)C1O)C(O)/C=C/CC/C=C/CCCCCCCCCCC. The predicted molar refractivity (Wildman–Crippen MR) is 401 cm³/mol. The van der Waals surface area contributed by atoms with Gasteiger partial charge in [0.15, 0.2) is 18.9 Å². The maximum absolute atomic E-state index is 13.4. The molecule has 3 heterocycles. The van der Waals surface area contributed by atoms with E-state index in [1.165, 1.54) is 173 Å². The first kappa shape index (κ1) is 91.9. The Morgan fingerprint density at radius 2 is 0.693 bits per heavy atom. The second-order valence-corrected chi connectivity index (χ2v) is 28.1. The molecule has 17 unspecified atom stereocenters. The van der Waals surface area contributed by atoms with Crippen molar-refractivity contribution < 1.29 is 89.4 Å². The number of hydrogen-bond acceptors (Lipinski definition) is 18. The standard InChI is InChI=1S/C82H143NO18/c1-3-5-7-9-11-13-15-17-19-20-21-22-23-24-25-26-27-28-29-30-31-32-33-34-35-36-37-38-39-40-41-42-43-44-46-48-50-52-54-56-58-60-70(88)83-65(66(87)59-57-55-53-51-49-47-45-18-16-14-12-10-8-6-4-2)64-96-80-76(94)73(91)78(68(62-85)98-80)101-82-77(95)74(92)79(69(63-86)99-82)100-81-75(93)72(90)71(89)67(61-84)97-81/h5,7,11,13,17,19,21-22,24-25,27-28,49,51,57,59,65-69,71-82,84-87,89-95H,3-4,6,8-10,12,14-16,18,20,23,26,29-48,50,52-56,58,60-64H2,1-2H3,(H,83,88)/b7-5-,13-11-,19-17-,22-21-,25-24-,28-27-,51-49+,59-57+. The Bertz CT molecular complexity index is 2200. The van der Waals surface area contributed by atoms with Gasteiger partial charge in [0, 0.05) is 6.42 Å². The van der Waals surface area contributed by atoms with Crippen LogP contribution >= 0.6 is 0 Å². The van der Waals surface area contributed by atoms with Crippen LogP contribution in [0.25, 0.3) is 0 Å². The fourth-order valence-corrected chi connectivity index (χ4v) is 13.0. The number of nitrogens with one attached hydrogen (secondary N) is 1. The van der Waals surface area contributed by atoms with Gasteiger partial charge in [-0.1, -0.05) is 291 Å². The van der Waals surface area contributed by atoms with Crippen LogP contribution in [-0.4, -0.2) is 193 Å². The summed E-state index contributed by atoms with van der Waals surface area (Å²) in [6, 6.07) is -0.992. The zero-order valence-corrected chi connectivity index (χ0v) is 62.4. The number of carbonyl (C=O) groups is 1. The van der Waals surface area contributed by atoms with Gasteiger partial charge in [-0.3, -0.25) is 4.79 Å². The molecule has 12 N–H and O–H groups in total. The lowest BCUT2D eigenvalue weighted by Crippen LogP contribution is -2.66. The van der Waals surface area contributed by atoms with Gasteiger partial charge < -0.3 is 89.9 Å². The summed E-state index contributed by atoms with van der Waals surface area (Å²) in [7, 11) is 0. The predicted octanol–water partition coefficient (Wildman–Crippen LogP) is 13.2. The van der Waals surface area contributed by atoms with Crippen LogP contribution in [0.1, 0.15) is 284 Å². The zero-order chi connectivity index (χ0) is 73.2. The number of carbonyl (C=O) groups excluding carboxylic acids is 1. The van der Waals surface area contributed by atoms with Gasteiger partial charge in [0.2, 0.25) is 5.91 Å². The molecule has 584 valence electrons. The minimum Gasteiger partial charge on any atom is -0.394 e. The van der Waals surface area contributed by atoms with E-state index in [9.17, 15) is 61.0 Å². The molecular weight excluding hydrogens is 1290 g/mol. The second-order valence-electron chi connectivity index (χ2n) is 28.1. The summed E-state index contributed by atoms with van der Waals surface area (Å²) in [6.45, 7) is 1.60. The van der Waals surface area contributed by atoms with Gasteiger partial charge in [-0.2, -0.15) is 0 Å². The van der Waals surface area contributed by atoms with E-state index in [2.05, 4.69) is 104 Å². The van der Waals surface area contributed by atoms with E-state index in [-0.39, 0.29) is 18.9 Å². The molecule has 3 fully saturated rings. The summed E-state index contributed by atoms with van der Waals surface area (Å²) in [5, 5.41) is 121. The lowest BCUT2D eigenvalue weighted by Gasteiger charge is -2.48. The molecule has 0 aliphatic carbocycles. The van der Waals surface area contributed by atoms with Gasteiger partial charge in [0.1, 0.15) is 73.2 Å². The van der Waals surface area contributed by atoms with Crippen molar-refractivity contribution >= 4 is 5.91 Å². The summed E-state index contributed by atoms with van der Waals surface area (Å²) in [5.41, 5.74) is 0. The Kier molecular flexibility index (Phi) is 56.3. The molecule has 0 aromatic carbocycles. The van der Waals surface area contributed by atoms with Gasteiger partial charge in [-0.25, -0.2) is 0 Å². The van der Waals surface area contributed by atoms with E-state index >= 15 is 0 Å². The number of rotatable bonds is 62. The van der Waals surface area contributed by atoms with Crippen molar-refractivity contribution in [3.05, 3.63) is 97.2 Å². The van der Waals surface area contributed by atoms with E-state index in [1.807, 2.05) is 6.08 Å². The molecule has 3 rings (SSSR count). The zero-order valence-electron chi connectivity index (χ0n) is 62.4. The van der Waals surface area contributed by atoms with Gasteiger partial charge in [0.05, 0.1) is 38.6 Å². The van der Waals surface area contributed by atoms with Crippen molar-refractivity contribution in [2.45, 2.75) is 388 Å². The third kappa shape index (κ3) is 42.0. The third-order valence-corrected chi connectivity index (χ3v) is 19.4. The highest BCUT2D eigenvalue weighted by atomic mass is 16.8. The van der Waals surface area contributed by atoms with Crippen molar-refractivity contribution in [2.24, 2.45) is 0 Å². The first-order valence-electron chi connectivity index (χ1n) is 40.0. The lowest BCUT2D eigenvalue weighted by atomic mass is 9.96. The smallest absolute Gasteiger partial charge is 0.220 e. The maximum atomic E-state index is 13.4. The molecule has 19 heteroatoms. The summed E-state index contributed by atoms with van der Waals surface area (Å²) in [4.78, 5) is 13.4. The average Bonchev–Trinajstić information content (AvgIpc) is 0.782. The van der Waals surface area contributed by atoms with Crippen molar-refractivity contribution in [1.29, 1.82) is 0 Å². The number of aliphatic hydroxyl groups excluding tert-OH is 11. The molecule has 101 heavy (non-hydrogen) atoms. The van der Waals surface area contributed by atoms with Gasteiger partial charge >= 0.3 is 0 Å². The highest BCUT2D eigenvalue weighted by molar-refractivity contribution is 5.76. The Morgan fingerprint density at radius 1 is 0.366 bits per heavy atom. The summed E-state index contributed by atoms with van der Waals surface area (Å²) in [6.07, 6.45) is 57.1. The minimum absolute atomic E-state index is 0.235. The van der Waals surface area contributed by atoms with Gasteiger partial charge in [-0.15, -0.1) is 0 Å². The fraction of sp³-hybridized carbons (Fsp3) is 0.793. The second kappa shape index (κ2) is 61.8. The highest BCUT2D eigenvalue weighted by Gasteiger charge is 2.54. The number of hydrogen-bond donors (Lipinski definition) is 12. The first-order chi connectivity index (χ1) is 49.3. The normalized spacial score (nSPS) is 26.8. The third-order valence-electron chi connectivity index (χ3n) is 19.4. The number of amides is 1. The molecule has 17 atom stereocenters. The van der Waals surface area contributed by atoms with Crippen LogP contribution in [-0.2, 0) is 33.2 Å². The summed E-state index contributed by atoms with van der Waals surface area (Å²) in [5.74, 6) is -0.284. The topological polar surface area (TPSA) is 307 Å². The van der Waals surface area contributed by atoms with Crippen molar-refractivity contribution in [3.8, 4) is 0 Å². The van der Waals surface area contributed by atoms with E-state index in [0.29, 0.717) is 12.8 Å². The highest BCUT2D eigenvalue weighted by Crippen LogP contribution is 2.33. The van der Waals surface area contributed by atoms with Crippen LogP contribution in [0.15, 0.2) is 97.2 Å². The number of ether oxygens (including phenoxy) is 6. The van der Waals surface area contributed by atoms with Crippen LogP contribution in [0.2, 0.25) is 0 Å². The van der Waals surface area contributed by atoms with Crippen molar-refractivity contribution in [3.63, 3.8) is 0 Å². The number of aliphatic hydroxyl groups is 11. The molecule has 0 radical (unpaired) electrons. The molecule has 1 amide bonds. The van der Waals surface area contributed by atoms with E-state index in [0.717, 1.165) is 77.0 Å². The average molecular weight is 1430 g/mol. The van der Waals surface area contributed by atoms with Gasteiger partial charge in [-0.05, 0) is 83.5 Å².